The number of carbonyl (C=O) groups is 6. The number of benzene rings is 2. The number of carbonyl (C=O) groups excluding carboxylic acids is 5. The molecule has 2 aromatic rings. The third-order valence-electron chi connectivity index (χ3n) is 9.04. The molecule has 0 saturated carbocycles. The number of aliphatic carboxylic acids is 1. The Hall–Kier alpha value is -5.52. The van der Waals surface area contributed by atoms with Gasteiger partial charge in [-0.15, -0.1) is 23.5 Å². The van der Waals surface area contributed by atoms with E-state index < -0.39 is 70.4 Å². The number of hydrogen-bond donors (Lipinski definition) is 7. The van der Waals surface area contributed by atoms with Crippen molar-refractivity contribution in [3.63, 3.8) is 0 Å². The van der Waals surface area contributed by atoms with Gasteiger partial charge in [0.25, 0.3) is 17.7 Å². The van der Waals surface area contributed by atoms with Crippen molar-refractivity contribution in [2.24, 2.45) is 5.73 Å². The number of phenols is 2. The fraction of sp³-hybridized carbons (Fsp3) is 0.278. The van der Waals surface area contributed by atoms with Crippen LogP contribution in [0.2, 0.25) is 0 Å². The molecule has 2 fully saturated rings. The van der Waals surface area contributed by atoms with Crippen LogP contribution < -0.4 is 21.7 Å². The van der Waals surface area contributed by atoms with Crippen LogP contribution in [0.1, 0.15) is 37.1 Å². The van der Waals surface area contributed by atoms with E-state index in [2.05, 4.69) is 16.0 Å². The van der Waals surface area contributed by atoms with Gasteiger partial charge in [0.05, 0.1) is 0 Å². The average molecular weight is 761 g/mol. The maximum Gasteiger partial charge on any atom is 0.352 e. The van der Waals surface area contributed by atoms with E-state index in [1.165, 1.54) is 77.0 Å². The first-order valence-electron chi connectivity index (χ1n) is 16.5. The third-order valence-corrected chi connectivity index (χ3v) is 11.6. The first kappa shape index (κ1) is 37.2. The monoisotopic (exact) mass is 760 g/mol. The number of amides is 5. The fourth-order valence-corrected chi connectivity index (χ4v) is 9.08. The molecule has 2 saturated heterocycles. The summed E-state index contributed by atoms with van der Waals surface area (Å²) in [6.07, 6.45) is 6.67. The summed E-state index contributed by atoms with van der Waals surface area (Å²) in [5.74, 6) is -4.17. The SMILES string of the molecule is C/C=C\C1=C(C(=O)N[C@@H](C(=O)N[C@@H]2C(=O)N3C(C(=O)O)=C(/C=C/C)CS[C@H]23)c2ccc(O)cc2)N2C(=O)[C@@H](NC(=O)[C@H](N)c3ccc(O)cc3)[C@H]2SC1. The summed E-state index contributed by atoms with van der Waals surface area (Å²) in [6, 6.07) is 6.66. The molecule has 0 bridgehead atoms. The molecule has 15 nitrogen and oxygen atoms in total. The second-order valence-corrected chi connectivity index (χ2v) is 14.6. The predicted octanol–water partition coefficient (Wildman–Crippen LogP) is 1.50. The van der Waals surface area contributed by atoms with E-state index in [0.29, 0.717) is 22.5 Å². The van der Waals surface area contributed by atoms with Crippen molar-refractivity contribution >= 4 is 59.0 Å². The molecule has 5 amide bonds. The summed E-state index contributed by atoms with van der Waals surface area (Å²) < 4.78 is 0. The average Bonchev–Trinajstić information content (AvgIpc) is 3.14. The molecule has 276 valence electrons. The van der Waals surface area contributed by atoms with Crippen LogP contribution in [0.15, 0.2) is 95.4 Å². The standard InChI is InChI=1S/C36H36N6O9S2/c1-3-5-19-15-52-34-25(39-29(45)23(37)17-7-11-21(43)12-8-17)32(48)41(34)27(19)31(47)38-24(18-9-13-22(44)14-10-18)30(46)40-26-33(49)42-28(36(50)51)20(6-4-2)16-53-35(26)42/h3-14,23-26,34-35,43-44H,15-16,37H2,1-2H3,(H,38,47)(H,39,45)(H,40,46)(H,50,51)/b5-3-,6-4+/t23-,24-,25-,26-,34-,35-/m1/s1. The van der Waals surface area contributed by atoms with Crippen LogP contribution in [0.25, 0.3) is 0 Å². The van der Waals surface area contributed by atoms with Crippen LogP contribution in [0.4, 0.5) is 0 Å². The van der Waals surface area contributed by atoms with Crippen LogP contribution in [-0.4, -0.2) is 95.0 Å². The van der Waals surface area contributed by atoms with E-state index in [4.69, 9.17) is 5.73 Å². The van der Waals surface area contributed by atoms with E-state index in [9.17, 15) is 44.1 Å². The zero-order chi connectivity index (χ0) is 38.1. The van der Waals surface area contributed by atoms with Crippen molar-refractivity contribution in [2.45, 2.75) is 48.8 Å². The predicted molar refractivity (Wildman–Crippen MR) is 195 cm³/mol. The summed E-state index contributed by atoms with van der Waals surface area (Å²) in [6.45, 7) is 3.48. The lowest BCUT2D eigenvalue weighted by Gasteiger charge is -2.50. The van der Waals surface area contributed by atoms with E-state index >= 15 is 0 Å². The number of thioether (sulfide) groups is 2. The first-order chi connectivity index (χ1) is 25.4. The molecular formula is C36H36N6O9S2. The summed E-state index contributed by atoms with van der Waals surface area (Å²) in [7, 11) is 0. The second-order valence-electron chi connectivity index (χ2n) is 12.4. The largest absolute Gasteiger partial charge is 0.508 e. The molecule has 6 atom stereocenters. The normalized spacial score (nSPS) is 23.5. The minimum absolute atomic E-state index is 0.00125. The number of hydrogen-bond acceptors (Lipinski definition) is 11. The highest BCUT2D eigenvalue weighted by Crippen LogP contribution is 2.42. The van der Waals surface area contributed by atoms with Crippen LogP contribution in [-0.2, 0) is 28.8 Å². The number of aromatic hydroxyl groups is 2. The first-order valence-corrected chi connectivity index (χ1v) is 18.5. The molecule has 4 heterocycles. The molecule has 0 radical (unpaired) electrons. The van der Waals surface area contributed by atoms with Crippen LogP contribution in [0.5, 0.6) is 11.5 Å². The summed E-state index contributed by atoms with van der Waals surface area (Å²) in [5, 5.41) is 36.1. The van der Waals surface area contributed by atoms with Gasteiger partial charge in [0.2, 0.25) is 11.8 Å². The van der Waals surface area contributed by atoms with Gasteiger partial charge in [-0.25, -0.2) is 4.79 Å². The Kier molecular flexibility index (Phi) is 10.7. The molecule has 0 aliphatic carbocycles. The van der Waals surface area contributed by atoms with Crippen molar-refractivity contribution in [1.82, 2.24) is 25.8 Å². The highest BCUT2D eigenvalue weighted by molar-refractivity contribution is 8.00. The van der Waals surface area contributed by atoms with Crippen LogP contribution >= 0.6 is 23.5 Å². The minimum atomic E-state index is -1.41. The molecule has 0 aromatic heterocycles. The second kappa shape index (κ2) is 15.2. The topological polar surface area (TPSA) is 232 Å². The van der Waals surface area contributed by atoms with E-state index in [1.54, 1.807) is 38.2 Å². The Morgan fingerprint density at radius 2 is 1.21 bits per heavy atom. The zero-order valence-electron chi connectivity index (χ0n) is 28.4. The Morgan fingerprint density at radius 3 is 1.70 bits per heavy atom. The van der Waals surface area contributed by atoms with Crippen molar-refractivity contribution in [2.75, 3.05) is 11.5 Å². The minimum Gasteiger partial charge on any atom is -0.508 e. The molecule has 53 heavy (non-hydrogen) atoms. The van der Waals surface area contributed by atoms with Gasteiger partial charge < -0.3 is 37.0 Å². The van der Waals surface area contributed by atoms with Gasteiger partial charge in [-0.2, -0.15) is 0 Å². The fourth-order valence-electron chi connectivity index (χ4n) is 6.44. The van der Waals surface area contributed by atoms with Gasteiger partial charge in [-0.05, 0) is 60.4 Å². The zero-order valence-corrected chi connectivity index (χ0v) is 30.0. The Morgan fingerprint density at radius 1 is 0.755 bits per heavy atom. The van der Waals surface area contributed by atoms with Crippen molar-refractivity contribution in [1.29, 1.82) is 0 Å². The smallest absolute Gasteiger partial charge is 0.352 e. The number of β-lactam (4-membered cyclic amide) rings is 2. The summed E-state index contributed by atoms with van der Waals surface area (Å²) >= 11 is 2.62. The Labute approximate surface area is 312 Å². The van der Waals surface area contributed by atoms with Gasteiger partial charge >= 0.3 is 5.97 Å². The molecule has 6 rings (SSSR count). The van der Waals surface area contributed by atoms with Gasteiger partial charge in [0.1, 0.15) is 57.8 Å². The summed E-state index contributed by atoms with van der Waals surface area (Å²) in [4.78, 5) is 82.6. The van der Waals surface area contributed by atoms with E-state index in [0.717, 1.165) is 4.90 Å². The molecule has 4 aliphatic heterocycles. The maximum atomic E-state index is 14.2. The van der Waals surface area contributed by atoms with Crippen LogP contribution in [0.3, 0.4) is 0 Å². The number of fused-ring (bicyclic) bond motifs is 2. The van der Waals surface area contributed by atoms with Crippen molar-refractivity contribution in [3.05, 3.63) is 107 Å². The van der Waals surface area contributed by atoms with Crippen molar-refractivity contribution < 1.29 is 44.1 Å². The molecule has 0 unspecified atom stereocenters. The number of nitrogens with two attached hydrogens (primary N) is 1. The lowest BCUT2D eigenvalue weighted by Crippen LogP contribution is -2.72. The lowest BCUT2D eigenvalue weighted by atomic mass is 9.99. The van der Waals surface area contributed by atoms with Crippen molar-refractivity contribution in [3.8, 4) is 11.5 Å². The molecular weight excluding hydrogens is 725 g/mol. The lowest BCUT2D eigenvalue weighted by molar-refractivity contribution is -0.151. The Balaban J connectivity index is 1.22. The quantitative estimate of drug-likeness (QED) is 0.162. The van der Waals surface area contributed by atoms with Gasteiger partial charge in [-0.3, -0.25) is 33.8 Å². The third kappa shape index (κ3) is 7.02. The maximum absolute atomic E-state index is 14.2. The van der Waals surface area contributed by atoms with Gasteiger partial charge in [0, 0.05) is 11.5 Å². The van der Waals surface area contributed by atoms with E-state index in [-0.39, 0.29) is 34.2 Å². The number of nitrogens with zero attached hydrogens (tertiary/aromatic N) is 2. The van der Waals surface area contributed by atoms with Gasteiger partial charge in [-0.1, -0.05) is 48.6 Å². The molecule has 8 N–H and O–H groups in total. The highest BCUT2D eigenvalue weighted by atomic mass is 32.2. The highest BCUT2D eigenvalue weighted by Gasteiger charge is 2.56. The molecule has 2 aromatic carbocycles. The number of nitrogens with one attached hydrogen (secondary N) is 3. The Bertz CT molecular complexity index is 2000. The number of rotatable bonds is 11. The number of phenolic OH excluding ortho intramolecular Hbond substituents is 2. The number of carboxylic acid groups (broad SMARTS) is 1. The molecule has 17 heteroatoms. The number of carboxylic acids is 1. The summed E-state index contributed by atoms with van der Waals surface area (Å²) in [5.41, 5.74) is 7.58. The molecule has 0 spiro atoms. The van der Waals surface area contributed by atoms with Gasteiger partial charge in [0.15, 0.2) is 0 Å². The van der Waals surface area contributed by atoms with Crippen LogP contribution in [0, 0.1) is 0 Å². The molecule has 4 aliphatic rings. The van der Waals surface area contributed by atoms with E-state index in [1.807, 2.05) is 0 Å². The number of allylic oxidation sites excluding steroid dienone is 4.